The van der Waals surface area contributed by atoms with Crippen molar-refractivity contribution >= 4 is 45.6 Å². The van der Waals surface area contributed by atoms with Crippen LogP contribution in [0.5, 0.6) is 17.2 Å². The largest absolute Gasteiger partial charge is 0.507 e. The van der Waals surface area contributed by atoms with Crippen LogP contribution in [0, 0.1) is 0 Å². The Labute approximate surface area is 224 Å². The first kappa shape index (κ1) is 25.2. The molecule has 1 unspecified atom stereocenters. The standard InChI is InChI=1S/C29H25ClN2O6/c1-4-38-17-9-7-8-16(12-17)32-26(20-15-31-22-11-6-5-10-18(20)22)25(28(34)29(32)35)27(33)19-13-24(37-3)21(30)14-23(19)36-2/h5-15,26,31,33H,4H2,1-3H3/b27-25+. The minimum Gasteiger partial charge on any atom is -0.507 e. The average Bonchev–Trinajstić information content (AvgIpc) is 3.46. The van der Waals surface area contributed by atoms with Crippen molar-refractivity contribution in [3.63, 3.8) is 0 Å². The average molecular weight is 533 g/mol. The summed E-state index contributed by atoms with van der Waals surface area (Å²) >= 11 is 6.27. The lowest BCUT2D eigenvalue weighted by atomic mass is 9.94. The first-order valence-electron chi connectivity index (χ1n) is 11.9. The normalized spacial score (nSPS) is 16.7. The van der Waals surface area contributed by atoms with Gasteiger partial charge < -0.3 is 24.3 Å². The van der Waals surface area contributed by atoms with Crippen LogP contribution < -0.4 is 19.1 Å². The van der Waals surface area contributed by atoms with Gasteiger partial charge >= 0.3 is 0 Å². The topological polar surface area (TPSA) is 101 Å². The van der Waals surface area contributed by atoms with Gasteiger partial charge in [-0.2, -0.15) is 0 Å². The van der Waals surface area contributed by atoms with E-state index < -0.39 is 23.5 Å². The molecule has 2 heterocycles. The van der Waals surface area contributed by atoms with Crippen LogP contribution in [0.4, 0.5) is 5.69 Å². The third kappa shape index (κ3) is 4.13. The molecule has 194 valence electrons. The van der Waals surface area contributed by atoms with E-state index in [1.807, 2.05) is 31.2 Å². The lowest BCUT2D eigenvalue weighted by Gasteiger charge is -2.25. The lowest BCUT2D eigenvalue weighted by molar-refractivity contribution is -0.132. The zero-order valence-electron chi connectivity index (χ0n) is 20.9. The van der Waals surface area contributed by atoms with Gasteiger partial charge in [-0.05, 0) is 31.2 Å². The van der Waals surface area contributed by atoms with Gasteiger partial charge in [0.15, 0.2) is 0 Å². The maximum atomic E-state index is 13.6. The molecule has 3 aromatic carbocycles. The van der Waals surface area contributed by atoms with Crippen molar-refractivity contribution in [3.05, 3.63) is 88.6 Å². The van der Waals surface area contributed by atoms with E-state index in [0.29, 0.717) is 23.6 Å². The SMILES string of the molecule is CCOc1cccc(N2C(=O)C(=O)/C(=C(/O)c3cc(OC)c(Cl)cc3OC)C2c2c[nH]c3ccccc23)c1. The van der Waals surface area contributed by atoms with E-state index in [1.165, 1.54) is 31.3 Å². The molecule has 0 bridgehead atoms. The second-order valence-corrected chi connectivity index (χ2v) is 8.98. The number of para-hydroxylation sites is 1. The Kier molecular flexibility index (Phi) is 6.73. The number of ketones is 1. The summed E-state index contributed by atoms with van der Waals surface area (Å²) in [5.74, 6) is -0.986. The number of amides is 1. The molecule has 1 aromatic heterocycles. The van der Waals surface area contributed by atoms with Crippen molar-refractivity contribution in [1.29, 1.82) is 0 Å². The summed E-state index contributed by atoms with van der Waals surface area (Å²) in [4.78, 5) is 31.8. The van der Waals surface area contributed by atoms with Gasteiger partial charge in [-0.15, -0.1) is 0 Å². The molecule has 1 fully saturated rings. The van der Waals surface area contributed by atoms with E-state index >= 15 is 0 Å². The number of fused-ring (bicyclic) bond motifs is 1. The number of nitrogens with one attached hydrogen (secondary N) is 1. The zero-order chi connectivity index (χ0) is 27.0. The highest BCUT2D eigenvalue weighted by atomic mass is 35.5. The van der Waals surface area contributed by atoms with Gasteiger partial charge in [-0.1, -0.05) is 35.9 Å². The summed E-state index contributed by atoms with van der Waals surface area (Å²) in [6.45, 7) is 2.30. The predicted octanol–water partition coefficient (Wildman–Crippen LogP) is 5.86. The van der Waals surface area contributed by atoms with Crippen LogP contribution in [0.25, 0.3) is 16.7 Å². The van der Waals surface area contributed by atoms with Crippen molar-refractivity contribution in [3.8, 4) is 17.2 Å². The quantitative estimate of drug-likeness (QED) is 0.175. The third-order valence-corrected chi connectivity index (χ3v) is 6.79. The van der Waals surface area contributed by atoms with Crippen LogP contribution in [0.2, 0.25) is 5.02 Å². The van der Waals surface area contributed by atoms with Crippen LogP contribution in [0.3, 0.4) is 0 Å². The van der Waals surface area contributed by atoms with Crippen molar-refractivity contribution in [2.45, 2.75) is 13.0 Å². The molecule has 0 saturated carbocycles. The molecule has 1 saturated heterocycles. The van der Waals surface area contributed by atoms with E-state index in [0.717, 1.165) is 10.9 Å². The number of hydrogen-bond acceptors (Lipinski definition) is 6. The molecule has 0 aliphatic carbocycles. The van der Waals surface area contributed by atoms with Crippen molar-refractivity contribution in [1.82, 2.24) is 4.98 Å². The monoisotopic (exact) mass is 532 g/mol. The summed E-state index contributed by atoms with van der Waals surface area (Å²) in [6, 6.07) is 16.5. The molecular formula is C29H25ClN2O6. The van der Waals surface area contributed by atoms with Gasteiger partial charge in [0.2, 0.25) is 0 Å². The number of anilines is 1. The van der Waals surface area contributed by atoms with Crippen molar-refractivity contribution in [2.75, 3.05) is 25.7 Å². The second kappa shape index (κ2) is 10.1. The number of aliphatic hydroxyl groups excluding tert-OH is 1. The number of aliphatic hydroxyl groups is 1. The van der Waals surface area contributed by atoms with E-state index in [1.54, 1.807) is 30.5 Å². The molecule has 1 aliphatic rings. The first-order valence-corrected chi connectivity index (χ1v) is 12.3. The van der Waals surface area contributed by atoms with Gasteiger partial charge in [0.1, 0.15) is 23.0 Å². The minimum atomic E-state index is -0.950. The number of carbonyl (C=O) groups excluding carboxylic acids is 2. The van der Waals surface area contributed by atoms with E-state index in [4.69, 9.17) is 25.8 Å². The van der Waals surface area contributed by atoms with Gasteiger partial charge in [-0.3, -0.25) is 14.5 Å². The minimum absolute atomic E-state index is 0.0933. The molecule has 1 aliphatic heterocycles. The van der Waals surface area contributed by atoms with Crippen LogP contribution >= 0.6 is 11.6 Å². The summed E-state index contributed by atoms with van der Waals surface area (Å²) in [7, 11) is 2.86. The molecule has 4 aromatic rings. The highest BCUT2D eigenvalue weighted by Gasteiger charge is 2.48. The van der Waals surface area contributed by atoms with Crippen molar-refractivity contribution < 1.29 is 28.9 Å². The number of aromatic nitrogens is 1. The number of nitrogens with zero attached hydrogens (tertiary/aromatic N) is 1. The van der Waals surface area contributed by atoms with Gasteiger partial charge in [0.25, 0.3) is 11.7 Å². The fourth-order valence-corrected chi connectivity index (χ4v) is 5.02. The maximum absolute atomic E-state index is 13.6. The Morgan fingerprint density at radius 1 is 1.03 bits per heavy atom. The summed E-state index contributed by atoms with van der Waals surface area (Å²) in [5, 5.41) is 12.7. The number of aromatic amines is 1. The number of H-pyrrole nitrogens is 1. The zero-order valence-corrected chi connectivity index (χ0v) is 21.7. The Hall–Kier alpha value is -4.43. The predicted molar refractivity (Wildman–Crippen MR) is 145 cm³/mol. The molecule has 0 spiro atoms. The van der Waals surface area contributed by atoms with E-state index in [2.05, 4.69) is 4.98 Å². The van der Waals surface area contributed by atoms with Gasteiger partial charge in [0, 0.05) is 40.5 Å². The Morgan fingerprint density at radius 3 is 2.53 bits per heavy atom. The maximum Gasteiger partial charge on any atom is 0.300 e. The summed E-state index contributed by atoms with van der Waals surface area (Å²) in [5.41, 5.74) is 1.99. The highest BCUT2D eigenvalue weighted by Crippen LogP contribution is 2.46. The molecule has 8 nitrogen and oxygen atoms in total. The number of methoxy groups -OCH3 is 2. The Balaban J connectivity index is 1.79. The molecule has 2 N–H and O–H groups in total. The van der Waals surface area contributed by atoms with Gasteiger partial charge in [-0.25, -0.2) is 0 Å². The highest BCUT2D eigenvalue weighted by molar-refractivity contribution is 6.52. The lowest BCUT2D eigenvalue weighted by Crippen LogP contribution is -2.29. The van der Waals surface area contributed by atoms with Crippen LogP contribution in [0.1, 0.15) is 24.1 Å². The van der Waals surface area contributed by atoms with E-state index in [-0.39, 0.29) is 27.7 Å². The number of halogens is 1. The number of benzene rings is 3. The summed E-state index contributed by atoms with van der Waals surface area (Å²) < 4.78 is 16.4. The third-order valence-electron chi connectivity index (χ3n) is 6.50. The molecule has 1 atom stereocenters. The molecule has 9 heteroatoms. The van der Waals surface area contributed by atoms with Crippen molar-refractivity contribution in [2.24, 2.45) is 0 Å². The van der Waals surface area contributed by atoms with Gasteiger partial charge in [0.05, 0.1) is 43.0 Å². The molecule has 5 rings (SSSR count). The molecule has 0 radical (unpaired) electrons. The molecular weight excluding hydrogens is 508 g/mol. The van der Waals surface area contributed by atoms with Crippen LogP contribution in [-0.4, -0.2) is 42.6 Å². The summed E-state index contributed by atoms with van der Waals surface area (Å²) in [6.07, 6.45) is 1.74. The fraction of sp³-hybridized carbons (Fsp3) is 0.172. The smallest absolute Gasteiger partial charge is 0.300 e. The fourth-order valence-electron chi connectivity index (χ4n) is 4.79. The number of Topliss-reactive ketones (excluding diaryl/α,β-unsaturated/α-hetero) is 1. The number of ether oxygens (including phenoxy) is 3. The van der Waals surface area contributed by atoms with E-state index in [9.17, 15) is 14.7 Å². The second-order valence-electron chi connectivity index (χ2n) is 8.58. The molecule has 38 heavy (non-hydrogen) atoms. The number of hydrogen-bond donors (Lipinski definition) is 2. The van der Waals surface area contributed by atoms with Crippen LogP contribution in [-0.2, 0) is 9.59 Å². The number of rotatable bonds is 7. The first-order chi connectivity index (χ1) is 18.4. The Morgan fingerprint density at radius 2 is 1.79 bits per heavy atom. The number of carbonyl (C=O) groups is 2. The Bertz CT molecular complexity index is 1590. The molecule has 1 amide bonds. The van der Waals surface area contributed by atoms with Crippen LogP contribution in [0.15, 0.2) is 72.4 Å².